The molecule has 0 aliphatic rings. The second kappa shape index (κ2) is 5.85. The fourth-order valence-corrected chi connectivity index (χ4v) is 2.01. The summed E-state index contributed by atoms with van der Waals surface area (Å²) in [5, 5.41) is 0. The molecule has 3 nitrogen and oxygen atoms in total. The third-order valence-electron chi connectivity index (χ3n) is 3.17. The SMILES string of the molecule is COCCc1ccc(C(N)c2ccoc2C)cc1. The van der Waals surface area contributed by atoms with E-state index in [2.05, 4.69) is 24.3 Å². The van der Waals surface area contributed by atoms with Crippen LogP contribution in [-0.2, 0) is 11.2 Å². The third-order valence-corrected chi connectivity index (χ3v) is 3.17. The van der Waals surface area contributed by atoms with Gasteiger partial charge < -0.3 is 14.9 Å². The Balaban J connectivity index is 2.12. The Morgan fingerprint density at radius 1 is 1.22 bits per heavy atom. The minimum Gasteiger partial charge on any atom is -0.469 e. The average molecular weight is 245 g/mol. The summed E-state index contributed by atoms with van der Waals surface area (Å²) < 4.78 is 10.3. The Bertz CT molecular complexity index is 487. The summed E-state index contributed by atoms with van der Waals surface area (Å²) in [6, 6.07) is 10.1. The van der Waals surface area contributed by atoms with Gasteiger partial charge in [-0.1, -0.05) is 24.3 Å². The van der Waals surface area contributed by atoms with Gasteiger partial charge in [-0.15, -0.1) is 0 Å². The maximum absolute atomic E-state index is 6.23. The van der Waals surface area contributed by atoms with Gasteiger partial charge in [0, 0.05) is 12.7 Å². The van der Waals surface area contributed by atoms with Crippen molar-refractivity contribution in [1.29, 1.82) is 0 Å². The van der Waals surface area contributed by atoms with Crippen LogP contribution >= 0.6 is 0 Å². The van der Waals surface area contributed by atoms with E-state index in [0.717, 1.165) is 29.9 Å². The molecule has 0 aliphatic carbocycles. The molecule has 1 heterocycles. The highest BCUT2D eigenvalue weighted by atomic mass is 16.5. The first kappa shape index (κ1) is 12.9. The van der Waals surface area contributed by atoms with Gasteiger partial charge in [0.15, 0.2) is 0 Å². The number of methoxy groups -OCH3 is 1. The van der Waals surface area contributed by atoms with Crippen molar-refractivity contribution in [3.63, 3.8) is 0 Å². The first-order valence-electron chi connectivity index (χ1n) is 6.09. The molecule has 0 amide bonds. The maximum atomic E-state index is 6.23. The average Bonchev–Trinajstić information content (AvgIpc) is 2.82. The second-order valence-corrected chi connectivity index (χ2v) is 4.39. The standard InChI is InChI=1S/C15H19NO2/c1-11-14(8-10-18-11)15(16)13-5-3-12(4-6-13)7-9-17-2/h3-6,8,10,15H,7,9,16H2,1-2H3. The molecule has 1 aromatic carbocycles. The third kappa shape index (κ3) is 2.81. The van der Waals surface area contributed by atoms with E-state index in [1.54, 1.807) is 13.4 Å². The van der Waals surface area contributed by atoms with Crippen LogP contribution in [0.15, 0.2) is 41.0 Å². The molecule has 0 bridgehead atoms. The van der Waals surface area contributed by atoms with Crippen molar-refractivity contribution in [2.45, 2.75) is 19.4 Å². The van der Waals surface area contributed by atoms with Gasteiger partial charge in [0.1, 0.15) is 5.76 Å². The van der Waals surface area contributed by atoms with Crippen LogP contribution in [0.3, 0.4) is 0 Å². The van der Waals surface area contributed by atoms with Gasteiger partial charge in [-0.05, 0) is 30.5 Å². The van der Waals surface area contributed by atoms with Crippen LogP contribution in [-0.4, -0.2) is 13.7 Å². The van der Waals surface area contributed by atoms with Crippen molar-refractivity contribution in [2.24, 2.45) is 5.73 Å². The van der Waals surface area contributed by atoms with E-state index in [4.69, 9.17) is 14.9 Å². The number of rotatable bonds is 5. The van der Waals surface area contributed by atoms with E-state index < -0.39 is 0 Å². The molecule has 0 aliphatic heterocycles. The molecule has 18 heavy (non-hydrogen) atoms. The lowest BCUT2D eigenvalue weighted by atomic mass is 9.98. The first-order valence-corrected chi connectivity index (χ1v) is 6.09. The molecular weight excluding hydrogens is 226 g/mol. The minimum atomic E-state index is -0.125. The monoisotopic (exact) mass is 245 g/mol. The number of hydrogen-bond acceptors (Lipinski definition) is 3. The molecule has 2 aromatic rings. The van der Waals surface area contributed by atoms with E-state index in [-0.39, 0.29) is 6.04 Å². The smallest absolute Gasteiger partial charge is 0.105 e. The highest BCUT2D eigenvalue weighted by Gasteiger charge is 2.13. The van der Waals surface area contributed by atoms with Gasteiger partial charge >= 0.3 is 0 Å². The summed E-state index contributed by atoms with van der Waals surface area (Å²) in [6.07, 6.45) is 2.61. The molecule has 1 aromatic heterocycles. The lowest BCUT2D eigenvalue weighted by Gasteiger charge is -2.12. The van der Waals surface area contributed by atoms with Gasteiger partial charge in [0.25, 0.3) is 0 Å². The van der Waals surface area contributed by atoms with Crippen molar-refractivity contribution >= 4 is 0 Å². The minimum absolute atomic E-state index is 0.125. The van der Waals surface area contributed by atoms with Gasteiger partial charge in [-0.25, -0.2) is 0 Å². The summed E-state index contributed by atoms with van der Waals surface area (Å²) in [5.41, 5.74) is 9.63. The Labute approximate surface area is 108 Å². The maximum Gasteiger partial charge on any atom is 0.105 e. The van der Waals surface area contributed by atoms with Crippen LogP contribution in [0.1, 0.15) is 28.5 Å². The van der Waals surface area contributed by atoms with Crippen molar-refractivity contribution in [2.75, 3.05) is 13.7 Å². The van der Waals surface area contributed by atoms with E-state index in [0.29, 0.717) is 0 Å². The molecule has 2 rings (SSSR count). The van der Waals surface area contributed by atoms with Crippen LogP contribution in [0, 0.1) is 6.92 Å². The van der Waals surface area contributed by atoms with Crippen molar-refractivity contribution < 1.29 is 9.15 Å². The molecular formula is C15H19NO2. The molecule has 0 fully saturated rings. The zero-order valence-electron chi connectivity index (χ0n) is 10.8. The predicted octanol–water partition coefficient (Wildman–Crippen LogP) is 2.83. The van der Waals surface area contributed by atoms with Crippen LogP contribution < -0.4 is 5.73 Å². The van der Waals surface area contributed by atoms with Crippen LogP contribution in [0.5, 0.6) is 0 Å². The van der Waals surface area contributed by atoms with Crippen LogP contribution in [0.25, 0.3) is 0 Å². The first-order chi connectivity index (χ1) is 8.72. The Kier molecular flexibility index (Phi) is 4.18. The summed E-state index contributed by atoms with van der Waals surface area (Å²) in [6.45, 7) is 2.67. The second-order valence-electron chi connectivity index (χ2n) is 4.39. The summed E-state index contributed by atoms with van der Waals surface area (Å²) in [7, 11) is 1.71. The van der Waals surface area contributed by atoms with E-state index in [1.165, 1.54) is 5.56 Å². The Hall–Kier alpha value is -1.58. The fraction of sp³-hybridized carbons (Fsp3) is 0.333. The summed E-state index contributed by atoms with van der Waals surface area (Å²) >= 11 is 0. The highest BCUT2D eigenvalue weighted by molar-refractivity contribution is 5.34. The Morgan fingerprint density at radius 2 is 1.94 bits per heavy atom. The van der Waals surface area contributed by atoms with Gasteiger partial charge in [0.05, 0.1) is 18.9 Å². The van der Waals surface area contributed by atoms with Crippen molar-refractivity contribution in [3.05, 3.63) is 59.0 Å². The molecule has 0 spiro atoms. The molecule has 1 atom stereocenters. The van der Waals surface area contributed by atoms with E-state index >= 15 is 0 Å². The van der Waals surface area contributed by atoms with Gasteiger partial charge in [-0.2, -0.15) is 0 Å². The molecule has 1 unspecified atom stereocenters. The molecule has 0 radical (unpaired) electrons. The van der Waals surface area contributed by atoms with Crippen LogP contribution in [0.4, 0.5) is 0 Å². The Morgan fingerprint density at radius 3 is 2.50 bits per heavy atom. The fourth-order valence-electron chi connectivity index (χ4n) is 2.01. The van der Waals surface area contributed by atoms with E-state index in [9.17, 15) is 0 Å². The summed E-state index contributed by atoms with van der Waals surface area (Å²) in [4.78, 5) is 0. The number of aryl methyl sites for hydroxylation is 1. The zero-order valence-corrected chi connectivity index (χ0v) is 10.8. The molecule has 2 N–H and O–H groups in total. The summed E-state index contributed by atoms with van der Waals surface area (Å²) in [5.74, 6) is 0.881. The van der Waals surface area contributed by atoms with E-state index in [1.807, 2.05) is 13.0 Å². The molecule has 0 saturated carbocycles. The lowest BCUT2D eigenvalue weighted by molar-refractivity contribution is 0.202. The molecule has 96 valence electrons. The molecule has 3 heteroatoms. The van der Waals surface area contributed by atoms with Gasteiger partial charge in [-0.3, -0.25) is 0 Å². The largest absolute Gasteiger partial charge is 0.469 e. The van der Waals surface area contributed by atoms with Crippen molar-refractivity contribution in [1.82, 2.24) is 0 Å². The topological polar surface area (TPSA) is 48.4 Å². The number of nitrogens with two attached hydrogens (primary N) is 1. The highest BCUT2D eigenvalue weighted by Crippen LogP contribution is 2.23. The normalized spacial score (nSPS) is 12.6. The lowest BCUT2D eigenvalue weighted by Crippen LogP contribution is -2.12. The quantitative estimate of drug-likeness (QED) is 0.881. The predicted molar refractivity (Wildman–Crippen MR) is 71.5 cm³/mol. The number of benzene rings is 1. The number of ether oxygens (including phenoxy) is 1. The van der Waals surface area contributed by atoms with Gasteiger partial charge in [0.2, 0.25) is 0 Å². The number of hydrogen-bond donors (Lipinski definition) is 1. The number of furan rings is 1. The van der Waals surface area contributed by atoms with Crippen LogP contribution in [0.2, 0.25) is 0 Å². The van der Waals surface area contributed by atoms with Crippen molar-refractivity contribution in [3.8, 4) is 0 Å². The molecule has 0 saturated heterocycles. The zero-order chi connectivity index (χ0) is 13.0.